The van der Waals surface area contributed by atoms with E-state index in [9.17, 15) is 13.2 Å². The predicted octanol–water partition coefficient (Wildman–Crippen LogP) is 1.30. The van der Waals surface area contributed by atoms with Crippen LogP contribution in [-0.2, 0) is 14.8 Å². The number of carbonyl (C=O) groups excluding carboxylic acids is 1. The highest BCUT2D eigenvalue weighted by Gasteiger charge is 2.21. The van der Waals surface area contributed by atoms with Gasteiger partial charge >= 0.3 is 0 Å². The van der Waals surface area contributed by atoms with Crippen molar-refractivity contribution in [1.29, 1.82) is 0 Å². The van der Waals surface area contributed by atoms with E-state index in [0.717, 1.165) is 24.2 Å². The third-order valence-corrected chi connectivity index (χ3v) is 5.81. The molecule has 2 heterocycles. The van der Waals surface area contributed by atoms with E-state index in [0.29, 0.717) is 17.4 Å². The zero-order valence-electron chi connectivity index (χ0n) is 9.56. The number of halogens is 1. The molecule has 0 radical (unpaired) electrons. The Kier molecular flexibility index (Phi) is 4.26. The summed E-state index contributed by atoms with van der Waals surface area (Å²) in [5.41, 5.74) is 0. The van der Waals surface area contributed by atoms with Crippen molar-refractivity contribution in [3.63, 3.8) is 0 Å². The SMILES string of the molecule is O=C(CNS(=O)(=O)c1ccc(Cl)s1)N1CCCC1. The van der Waals surface area contributed by atoms with Crippen LogP contribution in [0, 0.1) is 0 Å². The summed E-state index contributed by atoms with van der Waals surface area (Å²) in [5.74, 6) is -0.182. The molecule has 1 amide bonds. The third-order valence-electron chi connectivity index (χ3n) is 2.69. The number of sulfonamides is 1. The first-order valence-electron chi connectivity index (χ1n) is 5.52. The van der Waals surface area contributed by atoms with Crippen LogP contribution in [0.3, 0.4) is 0 Å². The Morgan fingerprint density at radius 3 is 2.61 bits per heavy atom. The topological polar surface area (TPSA) is 66.5 Å². The van der Waals surface area contributed by atoms with Crippen LogP contribution in [-0.4, -0.2) is 38.9 Å². The lowest BCUT2D eigenvalue weighted by Gasteiger charge is -2.15. The van der Waals surface area contributed by atoms with E-state index in [1.807, 2.05) is 0 Å². The van der Waals surface area contributed by atoms with Crippen molar-refractivity contribution in [1.82, 2.24) is 9.62 Å². The van der Waals surface area contributed by atoms with Crippen molar-refractivity contribution in [3.05, 3.63) is 16.5 Å². The first-order chi connectivity index (χ1) is 8.49. The average Bonchev–Trinajstić information content (AvgIpc) is 2.96. The van der Waals surface area contributed by atoms with Crippen LogP contribution in [0.4, 0.5) is 0 Å². The fraction of sp³-hybridized carbons (Fsp3) is 0.500. The molecule has 1 aromatic rings. The molecule has 1 saturated heterocycles. The van der Waals surface area contributed by atoms with Gasteiger partial charge < -0.3 is 4.90 Å². The summed E-state index contributed by atoms with van der Waals surface area (Å²) in [6.07, 6.45) is 1.97. The number of amides is 1. The number of nitrogens with one attached hydrogen (secondary N) is 1. The molecule has 1 aliphatic rings. The summed E-state index contributed by atoms with van der Waals surface area (Å²) in [7, 11) is -3.63. The Balaban J connectivity index is 1.95. The monoisotopic (exact) mass is 308 g/mol. The van der Waals surface area contributed by atoms with Crippen LogP contribution in [0.15, 0.2) is 16.3 Å². The quantitative estimate of drug-likeness (QED) is 0.912. The number of thiophene rings is 1. The lowest BCUT2D eigenvalue weighted by atomic mass is 10.4. The zero-order valence-corrected chi connectivity index (χ0v) is 11.9. The lowest BCUT2D eigenvalue weighted by Crippen LogP contribution is -2.38. The van der Waals surface area contributed by atoms with Crippen LogP contribution in [0.2, 0.25) is 4.34 Å². The Bertz CT molecular complexity index is 535. The van der Waals surface area contributed by atoms with E-state index < -0.39 is 10.0 Å². The maximum absolute atomic E-state index is 11.8. The van der Waals surface area contributed by atoms with Gasteiger partial charge in [-0.2, -0.15) is 0 Å². The molecule has 0 bridgehead atoms. The van der Waals surface area contributed by atoms with Gasteiger partial charge in [0.15, 0.2) is 0 Å². The Morgan fingerprint density at radius 2 is 2.06 bits per heavy atom. The van der Waals surface area contributed by atoms with Gasteiger partial charge in [-0.15, -0.1) is 11.3 Å². The molecule has 0 saturated carbocycles. The Hall–Kier alpha value is -0.630. The minimum atomic E-state index is -3.63. The third kappa shape index (κ3) is 3.23. The second-order valence-corrected chi connectivity index (χ2v) is 7.68. The molecule has 0 aromatic carbocycles. The van der Waals surface area contributed by atoms with E-state index in [1.165, 1.54) is 12.1 Å². The molecule has 1 aliphatic heterocycles. The second-order valence-electron chi connectivity index (χ2n) is 3.97. The number of hydrogen-bond acceptors (Lipinski definition) is 4. The summed E-state index contributed by atoms with van der Waals surface area (Å²) in [6.45, 7) is 1.23. The molecule has 18 heavy (non-hydrogen) atoms. The van der Waals surface area contributed by atoms with E-state index in [2.05, 4.69) is 4.72 Å². The van der Waals surface area contributed by atoms with Crippen LogP contribution in [0.5, 0.6) is 0 Å². The van der Waals surface area contributed by atoms with Crippen molar-refractivity contribution in [3.8, 4) is 0 Å². The number of likely N-dealkylation sites (tertiary alicyclic amines) is 1. The molecule has 2 rings (SSSR count). The van der Waals surface area contributed by atoms with Gasteiger partial charge in [-0.3, -0.25) is 4.79 Å². The summed E-state index contributed by atoms with van der Waals surface area (Å²) < 4.78 is 26.5. The van der Waals surface area contributed by atoms with Crippen molar-refractivity contribution < 1.29 is 13.2 Å². The molecule has 0 atom stereocenters. The van der Waals surface area contributed by atoms with Gasteiger partial charge in [0, 0.05) is 13.1 Å². The first kappa shape index (κ1) is 13.8. The number of hydrogen-bond donors (Lipinski definition) is 1. The number of nitrogens with zero attached hydrogens (tertiary/aromatic N) is 1. The van der Waals surface area contributed by atoms with Gasteiger partial charge in [0.2, 0.25) is 5.91 Å². The Labute approximate surface area is 115 Å². The summed E-state index contributed by atoms with van der Waals surface area (Å²) >= 11 is 6.65. The molecule has 0 aliphatic carbocycles. The Morgan fingerprint density at radius 1 is 1.39 bits per heavy atom. The molecular weight excluding hydrogens is 296 g/mol. The standard InChI is InChI=1S/C10H13ClN2O3S2/c11-8-3-4-10(17-8)18(15,16)12-7-9(14)13-5-1-2-6-13/h3-4,12H,1-2,5-7H2. The number of rotatable bonds is 4. The van der Waals surface area contributed by atoms with Crippen molar-refractivity contribution in [2.24, 2.45) is 0 Å². The van der Waals surface area contributed by atoms with Crippen LogP contribution >= 0.6 is 22.9 Å². The summed E-state index contributed by atoms with van der Waals surface area (Å²) in [5, 5.41) is 0. The minimum Gasteiger partial charge on any atom is -0.342 e. The molecular formula is C10H13ClN2O3S2. The highest BCUT2D eigenvalue weighted by molar-refractivity contribution is 7.91. The van der Waals surface area contributed by atoms with Gasteiger partial charge in [0.1, 0.15) is 4.21 Å². The highest BCUT2D eigenvalue weighted by atomic mass is 35.5. The van der Waals surface area contributed by atoms with Crippen molar-refractivity contribution in [2.45, 2.75) is 17.1 Å². The summed E-state index contributed by atoms with van der Waals surface area (Å²) in [6, 6.07) is 2.94. The molecule has 0 unspecified atom stereocenters. The lowest BCUT2D eigenvalue weighted by molar-refractivity contribution is -0.128. The molecule has 0 spiro atoms. The maximum Gasteiger partial charge on any atom is 0.250 e. The zero-order chi connectivity index (χ0) is 13.2. The maximum atomic E-state index is 11.8. The van der Waals surface area contributed by atoms with Gasteiger partial charge in [-0.1, -0.05) is 11.6 Å². The molecule has 8 heteroatoms. The van der Waals surface area contributed by atoms with Crippen LogP contribution in [0.25, 0.3) is 0 Å². The first-order valence-corrected chi connectivity index (χ1v) is 8.19. The van der Waals surface area contributed by atoms with Crippen molar-refractivity contribution in [2.75, 3.05) is 19.6 Å². The largest absolute Gasteiger partial charge is 0.342 e. The van der Waals surface area contributed by atoms with Gasteiger partial charge in [0.25, 0.3) is 10.0 Å². The summed E-state index contributed by atoms with van der Waals surface area (Å²) in [4.78, 5) is 13.4. The highest BCUT2D eigenvalue weighted by Crippen LogP contribution is 2.25. The normalized spacial score (nSPS) is 16.2. The minimum absolute atomic E-state index is 0.127. The molecule has 1 fully saturated rings. The molecule has 1 N–H and O–H groups in total. The van der Waals surface area contributed by atoms with Crippen LogP contribution in [0.1, 0.15) is 12.8 Å². The van der Waals surface area contributed by atoms with E-state index in [4.69, 9.17) is 11.6 Å². The van der Waals surface area contributed by atoms with Gasteiger partial charge in [-0.25, -0.2) is 13.1 Å². The van der Waals surface area contributed by atoms with Crippen molar-refractivity contribution >= 4 is 38.9 Å². The smallest absolute Gasteiger partial charge is 0.250 e. The molecule has 1 aromatic heterocycles. The average molecular weight is 309 g/mol. The van der Waals surface area contributed by atoms with Gasteiger partial charge in [0.05, 0.1) is 10.9 Å². The van der Waals surface area contributed by atoms with E-state index in [-0.39, 0.29) is 16.7 Å². The fourth-order valence-corrected chi connectivity index (χ4v) is 4.25. The second kappa shape index (κ2) is 5.56. The fourth-order valence-electron chi connectivity index (χ4n) is 1.75. The predicted molar refractivity (Wildman–Crippen MR) is 70.3 cm³/mol. The molecule has 100 valence electrons. The number of carbonyl (C=O) groups is 1. The molecule has 5 nitrogen and oxygen atoms in total. The van der Waals surface area contributed by atoms with E-state index in [1.54, 1.807) is 4.90 Å². The van der Waals surface area contributed by atoms with E-state index >= 15 is 0 Å². The van der Waals surface area contributed by atoms with Crippen LogP contribution < -0.4 is 4.72 Å². The van der Waals surface area contributed by atoms with Gasteiger partial charge in [-0.05, 0) is 25.0 Å².